The minimum atomic E-state index is -0.717. The second-order valence-corrected chi connectivity index (χ2v) is 8.71. The van der Waals surface area contributed by atoms with Crippen LogP contribution in [0.3, 0.4) is 0 Å². The van der Waals surface area contributed by atoms with Crippen LogP contribution in [0.4, 0.5) is 14.5 Å². The molecule has 0 bridgehead atoms. The third-order valence-corrected chi connectivity index (χ3v) is 6.26. The Morgan fingerprint density at radius 2 is 1.85 bits per heavy atom. The zero-order valence-electron chi connectivity index (χ0n) is 17.4. The van der Waals surface area contributed by atoms with Gasteiger partial charge in [-0.15, -0.1) is 10.2 Å². The minimum absolute atomic E-state index is 0.0877. The highest BCUT2D eigenvalue weighted by Gasteiger charge is 2.20. The highest BCUT2D eigenvalue weighted by Crippen LogP contribution is 2.32. The van der Waals surface area contributed by atoms with E-state index in [0.717, 1.165) is 52.1 Å². The Balaban J connectivity index is 1.47. The molecule has 2 aromatic heterocycles. The molecule has 2 N–H and O–H groups in total. The largest absolute Gasteiger partial charge is 0.360 e. The fraction of sp³-hybridized carbons (Fsp3) is 0.0417. The summed E-state index contributed by atoms with van der Waals surface area (Å²) in [4.78, 5) is 15.7. The zero-order chi connectivity index (χ0) is 23.7. The number of thioether (sulfide) groups is 1. The molecule has 170 valence electrons. The van der Waals surface area contributed by atoms with Crippen molar-refractivity contribution >= 4 is 45.9 Å². The number of rotatable bonds is 6. The van der Waals surface area contributed by atoms with E-state index >= 15 is 0 Å². The fourth-order valence-electron chi connectivity index (χ4n) is 3.53. The number of amides is 1. The summed E-state index contributed by atoms with van der Waals surface area (Å²) in [5.41, 5.74) is 2.34. The number of para-hydroxylation sites is 1. The first-order chi connectivity index (χ1) is 16.5. The Kier molecular flexibility index (Phi) is 6.04. The van der Waals surface area contributed by atoms with Crippen molar-refractivity contribution in [3.05, 3.63) is 89.6 Å². The van der Waals surface area contributed by atoms with Gasteiger partial charge in [0.1, 0.15) is 11.6 Å². The first-order valence-corrected chi connectivity index (χ1v) is 11.5. The van der Waals surface area contributed by atoms with Crippen LogP contribution in [-0.4, -0.2) is 31.4 Å². The normalized spacial score (nSPS) is 11.1. The van der Waals surface area contributed by atoms with Crippen LogP contribution in [0.2, 0.25) is 5.02 Å². The summed E-state index contributed by atoms with van der Waals surface area (Å²) in [6.07, 6.45) is 1.86. The summed E-state index contributed by atoms with van der Waals surface area (Å²) in [6, 6.07) is 17.9. The minimum Gasteiger partial charge on any atom is -0.360 e. The van der Waals surface area contributed by atoms with Crippen molar-refractivity contribution in [1.29, 1.82) is 0 Å². The molecule has 5 aromatic rings. The molecule has 5 rings (SSSR count). The zero-order valence-corrected chi connectivity index (χ0v) is 19.0. The van der Waals surface area contributed by atoms with Crippen LogP contribution in [0.5, 0.6) is 0 Å². The molecule has 2 heterocycles. The number of fused-ring (bicyclic) bond motifs is 1. The molecule has 0 radical (unpaired) electrons. The standard InChI is InChI=1S/C24H16ClF2N5OS/c25-14-5-8-16(9-6-14)32-23(18-12-28-20-4-2-1-3-17(18)20)30-31-24(32)34-13-22(33)29-21-11-15(26)7-10-19(21)27/h1-12,28H,13H2,(H,29,33). The third-order valence-electron chi connectivity index (χ3n) is 5.08. The van der Waals surface area contributed by atoms with E-state index < -0.39 is 17.5 Å². The molecule has 0 aliphatic heterocycles. The Morgan fingerprint density at radius 1 is 1.06 bits per heavy atom. The van der Waals surface area contributed by atoms with Crippen LogP contribution in [0.25, 0.3) is 28.0 Å². The number of hydrogen-bond donors (Lipinski definition) is 2. The maximum Gasteiger partial charge on any atom is 0.234 e. The van der Waals surface area contributed by atoms with Gasteiger partial charge in [-0.3, -0.25) is 9.36 Å². The molecule has 10 heteroatoms. The molecular weight excluding hydrogens is 480 g/mol. The van der Waals surface area contributed by atoms with Gasteiger partial charge in [0, 0.05) is 39.4 Å². The summed E-state index contributed by atoms with van der Waals surface area (Å²) in [7, 11) is 0. The van der Waals surface area contributed by atoms with Gasteiger partial charge in [-0.25, -0.2) is 8.78 Å². The number of hydrogen-bond acceptors (Lipinski definition) is 4. The monoisotopic (exact) mass is 495 g/mol. The lowest BCUT2D eigenvalue weighted by Gasteiger charge is -2.10. The van der Waals surface area contributed by atoms with Crippen LogP contribution < -0.4 is 5.32 Å². The second kappa shape index (κ2) is 9.28. The van der Waals surface area contributed by atoms with Crippen molar-refractivity contribution in [2.45, 2.75) is 5.16 Å². The van der Waals surface area contributed by atoms with Gasteiger partial charge >= 0.3 is 0 Å². The molecule has 0 aliphatic carbocycles. The topological polar surface area (TPSA) is 75.6 Å². The first kappa shape index (κ1) is 22.1. The van der Waals surface area contributed by atoms with Crippen LogP contribution in [0.1, 0.15) is 0 Å². The van der Waals surface area contributed by atoms with Gasteiger partial charge in [0.25, 0.3) is 0 Å². The number of aromatic amines is 1. The predicted molar refractivity (Wildman–Crippen MR) is 129 cm³/mol. The first-order valence-electron chi connectivity index (χ1n) is 10.1. The smallest absolute Gasteiger partial charge is 0.234 e. The fourth-order valence-corrected chi connectivity index (χ4v) is 4.40. The maximum absolute atomic E-state index is 13.9. The summed E-state index contributed by atoms with van der Waals surface area (Å²) < 4.78 is 29.1. The molecule has 0 saturated heterocycles. The second-order valence-electron chi connectivity index (χ2n) is 7.33. The van der Waals surface area contributed by atoms with Gasteiger partial charge in [-0.05, 0) is 42.5 Å². The van der Waals surface area contributed by atoms with E-state index in [1.165, 1.54) is 0 Å². The van der Waals surface area contributed by atoms with Gasteiger partial charge in [0.2, 0.25) is 5.91 Å². The molecule has 34 heavy (non-hydrogen) atoms. The molecule has 0 aliphatic rings. The Morgan fingerprint density at radius 3 is 2.68 bits per heavy atom. The van der Waals surface area contributed by atoms with E-state index in [-0.39, 0.29) is 11.4 Å². The lowest BCUT2D eigenvalue weighted by Crippen LogP contribution is -2.15. The van der Waals surface area contributed by atoms with Gasteiger partial charge in [-0.2, -0.15) is 0 Å². The molecule has 3 aromatic carbocycles. The van der Waals surface area contributed by atoms with Crippen molar-refractivity contribution in [2.75, 3.05) is 11.1 Å². The van der Waals surface area contributed by atoms with Crippen LogP contribution >= 0.6 is 23.4 Å². The Hall–Kier alpha value is -3.69. The lowest BCUT2D eigenvalue weighted by atomic mass is 10.1. The van der Waals surface area contributed by atoms with Crippen LogP contribution in [-0.2, 0) is 4.79 Å². The number of nitrogens with one attached hydrogen (secondary N) is 2. The summed E-state index contributed by atoms with van der Waals surface area (Å²) in [5, 5.41) is 13.1. The highest BCUT2D eigenvalue weighted by molar-refractivity contribution is 7.99. The molecular formula is C24H16ClF2N5OS. The molecule has 1 amide bonds. The van der Waals surface area contributed by atoms with Crippen molar-refractivity contribution in [1.82, 2.24) is 19.7 Å². The van der Waals surface area contributed by atoms with Gasteiger partial charge in [-0.1, -0.05) is 41.6 Å². The number of nitrogens with zero attached hydrogens (tertiary/aromatic N) is 3. The number of halogens is 3. The number of carbonyl (C=O) groups excluding carboxylic acids is 1. The summed E-state index contributed by atoms with van der Waals surface area (Å²) >= 11 is 7.20. The SMILES string of the molecule is O=C(CSc1nnc(-c2c[nH]c3ccccc23)n1-c1ccc(Cl)cc1)Nc1cc(F)ccc1F. The van der Waals surface area contributed by atoms with Crippen molar-refractivity contribution in [2.24, 2.45) is 0 Å². The highest BCUT2D eigenvalue weighted by atomic mass is 35.5. The molecule has 6 nitrogen and oxygen atoms in total. The average Bonchev–Trinajstić information content (AvgIpc) is 3.44. The Bertz CT molecular complexity index is 1500. The van der Waals surface area contributed by atoms with E-state index in [0.29, 0.717) is 16.0 Å². The van der Waals surface area contributed by atoms with E-state index in [1.54, 1.807) is 12.1 Å². The van der Waals surface area contributed by atoms with Crippen molar-refractivity contribution < 1.29 is 13.6 Å². The van der Waals surface area contributed by atoms with Crippen molar-refractivity contribution in [3.63, 3.8) is 0 Å². The van der Waals surface area contributed by atoms with E-state index in [9.17, 15) is 13.6 Å². The molecule has 0 atom stereocenters. The lowest BCUT2D eigenvalue weighted by molar-refractivity contribution is -0.113. The quantitative estimate of drug-likeness (QED) is 0.280. The van der Waals surface area contributed by atoms with E-state index in [4.69, 9.17) is 11.6 Å². The number of anilines is 1. The molecule has 0 spiro atoms. The van der Waals surface area contributed by atoms with Gasteiger partial charge in [0.05, 0.1) is 11.4 Å². The number of benzene rings is 3. The predicted octanol–water partition coefficient (Wildman–Crippen LogP) is 6.08. The number of aromatic nitrogens is 4. The third kappa shape index (κ3) is 4.40. The summed E-state index contributed by atoms with van der Waals surface area (Å²) in [6.45, 7) is 0. The van der Waals surface area contributed by atoms with Gasteiger partial charge in [0.15, 0.2) is 11.0 Å². The average molecular weight is 496 g/mol. The maximum atomic E-state index is 13.9. The van der Waals surface area contributed by atoms with E-state index in [1.807, 2.05) is 47.2 Å². The molecule has 0 unspecified atom stereocenters. The number of H-pyrrole nitrogens is 1. The van der Waals surface area contributed by atoms with Crippen LogP contribution in [0, 0.1) is 11.6 Å². The number of carbonyl (C=O) groups is 1. The van der Waals surface area contributed by atoms with Gasteiger partial charge < -0.3 is 10.3 Å². The summed E-state index contributed by atoms with van der Waals surface area (Å²) in [5.74, 6) is -1.37. The molecule has 0 saturated carbocycles. The van der Waals surface area contributed by atoms with E-state index in [2.05, 4.69) is 20.5 Å². The Labute approximate surface area is 202 Å². The molecule has 0 fully saturated rings. The van der Waals surface area contributed by atoms with Crippen molar-refractivity contribution in [3.8, 4) is 17.1 Å². The van der Waals surface area contributed by atoms with Crippen LogP contribution in [0.15, 0.2) is 78.1 Å².